The van der Waals surface area contributed by atoms with Gasteiger partial charge in [-0.15, -0.1) is 0 Å². The smallest absolute Gasteiger partial charge is 0.321 e. The molecule has 0 bridgehead atoms. The van der Waals surface area contributed by atoms with Crippen LogP contribution in [0, 0.1) is 18.7 Å². The number of amides is 2. The Labute approximate surface area is 131 Å². The second-order valence-corrected chi connectivity index (χ2v) is 6.00. The molecule has 1 fully saturated rings. The lowest BCUT2D eigenvalue weighted by atomic mass is 9.94. The summed E-state index contributed by atoms with van der Waals surface area (Å²) in [6.45, 7) is 4.06. The number of nitrogens with zero attached hydrogens (tertiary/aromatic N) is 1. The lowest BCUT2D eigenvalue weighted by molar-refractivity contribution is 0.156. The molecule has 4 nitrogen and oxygen atoms in total. The molecule has 1 aliphatic heterocycles. The van der Waals surface area contributed by atoms with Gasteiger partial charge in [0, 0.05) is 26.8 Å². The average molecular weight is 308 g/mol. The first-order valence-electron chi connectivity index (χ1n) is 7.91. The fourth-order valence-electron chi connectivity index (χ4n) is 2.92. The van der Waals surface area contributed by atoms with Crippen molar-refractivity contribution >= 4 is 11.7 Å². The van der Waals surface area contributed by atoms with Crippen molar-refractivity contribution in [1.29, 1.82) is 0 Å². The van der Waals surface area contributed by atoms with Gasteiger partial charge in [-0.2, -0.15) is 0 Å². The van der Waals surface area contributed by atoms with Gasteiger partial charge in [-0.25, -0.2) is 9.18 Å². The van der Waals surface area contributed by atoms with E-state index in [0.717, 1.165) is 50.9 Å². The van der Waals surface area contributed by atoms with Gasteiger partial charge in [0.1, 0.15) is 5.82 Å². The monoisotopic (exact) mass is 308 g/mol. The van der Waals surface area contributed by atoms with E-state index < -0.39 is 0 Å². The number of benzene rings is 1. The van der Waals surface area contributed by atoms with E-state index in [0.29, 0.717) is 5.92 Å². The first-order valence-corrected chi connectivity index (χ1v) is 7.91. The number of urea groups is 1. The molecular formula is C17H25FN2O2. The highest BCUT2D eigenvalue weighted by molar-refractivity contribution is 5.89. The average Bonchev–Trinajstić information content (AvgIpc) is 2.50. The largest absolute Gasteiger partial charge is 0.385 e. The summed E-state index contributed by atoms with van der Waals surface area (Å²) in [6.07, 6.45) is 4.23. The third kappa shape index (κ3) is 4.70. The van der Waals surface area contributed by atoms with Crippen LogP contribution in [-0.4, -0.2) is 37.7 Å². The maximum atomic E-state index is 13.8. The highest BCUT2D eigenvalue weighted by Crippen LogP contribution is 2.22. The molecule has 122 valence electrons. The number of piperidine rings is 1. The van der Waals surface area contributed by atoms with Crippen molar-refractivity contribution in [2.45, 2.75) is 32.6 Å². The summed E-state index contributed by atoms with van der Waals surface area (Å²) in [5.41, 5.74) is 1.09. The van der Waals surface area contributed by atoms with Crippen LogP contribution in [-0.2, 0) is 4.74 Å². The normalized spacial score (nSPS) is 18.3. The fourth-order valence-corrected chi connectivity index (χ4v) is 2.92. The maximum Gasteiger partial charge on any atom is 0.321 e. The highest BCUT2D eigenvalue weighted by atomic mass is 19.1. The van der Waals surface area contributed by atoms with Gasteiger partial charge in [0.25, 0.3) is 0 Å². The first-order chi connectivity index (χ1) is 10.6. The summed E-state index contributed by atoms with van der Waals surface area (Å²) in [6, 6.07) is 4.63. The van der Waals surface area contributed by atoms with Crippen molar-refractivity contribution in [1.82, 2.24) is 4.90 Å². The summed E-state index contributed by atoms with van der Waals surface area (Å²) in [5, 5.41) is 2.68. The van der Waals surface area contributed by atoms with E-state index in [1.54, 1.807) is 24.1 Å². The van der Waals surface area contributed by atoms with E-state index in [4.69, 9.17) is 4.74 Å². The summed E-state index contributed by atoms with van der Waals surface area (Å²) in [4.78, 5) is 14.1. The summed E-state index contributed by atoms with van der Waals surface area (Å²) < 4.78 is 18.9. The first kappa shape index (κ1) is 16.7. The van der Waals surface area contributed by atoms with Gasteiger partial charge in [0.05, 0.1) is 5.69 Å². The Morgan fingerprint density at radius 2 is 2.32 bits per heavy atom. The van der Waals surface area contributed by atoms with Crippen LogP contribution in [0.3, 0.4) is 0 Å². The number of anilines is 1. The zero-order valence-corrected chi connectivity index (χ0v) is 13.4. The van der Waals surface area contributed by atoms with E-state index >= 15 is 0 Å². The topological polar surface area (TPSA) is 41.6 Å². The number of aryl methyl sites for hydroxylation is 1. The zero-order valence-electron chi connectivity index (χ0n) is 13.4. The Balaban J connectivity index is 1.88. The van der Waals surface area contributed by atoms with Crippen LogP contribution in [0.2, 0.25) is 0 Å². The molecule has 0 saturated carbocycles. The van der Waals surface area contributed by atoms with E-state index in [2.05, 4.69) is 5.32 Å². The van der Waals surface area contributed by atoms with E-state index in [-0.39, 0.29) is 17.5 Å². The highest BCUT2D eigenvalue weighted by Gasteiger charge is 2.23. The molecular weight excluding hydrogens is 283 g/mol. The number of likely N-dealkylation sites (tertiary alicyclic amines) is 1. The molecule has 1 atom stereocenters. The molecule has 0 aromatic heterocycles. The molecule has 2 rings (SSSR count). The van der Waals surface area contributed by atoms with Crippen molar-refractivity contribution < 1.29 is 13.9 Å². The predicted octanol–water partition coefficient (Wildman–Crippen LogP) is 3.80. The third-order valence-corrected chi connectivity index (χ3v) is 4.13. The zero-order chi connectivity index (χ0) is 15.9. The molecule has 0 unspecified atom stereocenters. The van der Waals surface area contributed by atoms with Crippen LogP contribution >= 0.6 is 0 Å². The molecule has 1 N–H and O–H groups in total. The summed E-state index contributed by atoms with van der Waals surface area (Å²) >= 11 is 0. The van der Waals surface area contributed by atoms with Crippen LogP contribution in [0.15, 0.2) is 18.2 Å². The van der Waals surface area contributed by atoms with Gasteiger partial charge in [0.2, 0.25) is 0 Å². The number of rotatable bonds is 5. The molecule has 1 heterocycles. The van der Waals surface area contributed by atoms with Gasteiger partial charge in [0.15, 0.2) is 0 Å². The number of ether oxygens (including phenoxy) is 1. The van der Waals surface area contributed by atoms with Gasteiger partial charge in [-0.3, -0.25) is 0 Å². The molecule has 0 radical (unpaired) electrons. The minimum absolute atomic E-state index is 0.209. The predicted molar refractivity (Wildman–Crippen MR) is 85.6 cm³/mol. The molecule has 1 aromatic rings. The second-order valence-electron chi connectivity index (χ2n) is 6.00. The number of methoxy groups -OCH3 is 1. The van der Waals surface area contributed by atoms with Crippen molar-refractivity contribution in [2.24, 2.45) is 5.92 Å². The number of carbonyl (C=O) groups excluding carboxylic acids is 1. The Hall–Kier alpha value is -1.62. The van der Waals surface area contributed by atoms with Gasteiger partial charge in [-0.1, -0.05) is 6.07 Å². The van der Waals surface area contributed by atoms with Crippen LogP contribution in [0.5, 0.6) is 0 Å². The van der Waals surface area contributed by atoms with Crippen molar-refractivity contribution in [3.8, 4) is 0 Å². The van der Waals surface area contributed by atoms with E-state index in [1.165, 1.54) is 6.07 Å². The van der Waals surface area contributed by atoms with E-state index in [1.807, 2.05) is 6.92 Å². The van der Waals surface area contributed by atoms with Crippen LogP contribution in [0.4, 0.5) is 14.9 Å². The molecule has 5 heteroatoms. The lowest BCUT2D eigenvalue weighted by Crippen LogP contribution is -2.42. The van der Waals surface area contributed by atoms with Crippen LogP contribution < -0.4 is 5.32 Å². The van der Waals surface area contributed by atoms with Crippen molar-refractivity contribution in [2.75, 3.05) is 32.1 Å². The number of halogens is 1. The molecule has 22 heavy (non-hydrogen) atoms. The third-order valence-electron chi connectivity index (χ3n) is 4.13. The molecule has 1 aromatic carbocycles. The van der Waals surface area contributed by atoms with Crippen molar-refractivity contribution in [3.05, 3.63) is 29.6 Å². The lowest BCUT2D eigenvalue weighted by Gasteiger charge is -2.32. The quantitative estimate of drug-likeness (QED) is 0.841. The van der Waals surface area contributed by atoms with Crippen molar-refractivity contribution in [3.63, 3.8) is 0 Å². The molecule has 1 saturated heterocycles. The van der Waals surface area contributed by atoms with Gasteiger partial charge in [-0.05, 0) is 56.2 Å². The Morgan fingerprint density at radius 1 is 1.50 bits per heavy atom. The Kier molecular flexibility index (Phi) is 6.19. The van der Waals surface area contributed by atoms with E-state index in [9.17, 15) is 9.18 Å². The van der Waals surface area contributed by atoms with Crippen LogP contribution in [0.25, 0.3) is 0 Å². The number of carbonyl (C=O) groups is 1. The SMILES string of the molecule is COCCC[C@@H]1CCCN(C(=O)Nc2ccc(C)cc2F)C1. The molecule has 0 aliphatic carbocycles. The fraction of sp³-hybridized carbons (Fsp3) is 0.588. The standard InChI is InChI=1S/C17H25FN2O2/c1-13-7-8-16(15(18)11-13)19-17(21)20-9-3-5-14(12-20)6-4-10-22-2/h7-8,11,14H,3-6,9-10,12H2,1-2H3,(H,19,21)/t14-/m0/s1. The minimum atomic E-state index is -0.387. The summed E-state index contributed by atoms with van der Waals surface area (Å²) in [5.74, 6) is 0.125. The van der Waals surface area contributed by atoms with Crippen LogP contribution in [0.1, 0.15) is 31.2 Å². The number of hydrogen-bond acceptors (Lipinski definition) is 2. The summed E-state index contributed by atoms with van der Waals surface area (Å²) in [7, 11) is 1.71. The number of hydrogen-bond donors (Lipinski definition) is 1. The molecule has 1 aliphatic rings. The number of nitrogens with one attached hydrogen (secondary N) is 1. The Bertz CT molecular complexity index is 507. The minimum Gasteiger partial charge on any atom is -0.385 e. The second kappa shape index (κ2) is 8.13. The van der Waals surface area contributed by atoms with Gasteiger partial charge < -0.3 is 15.0 Å². The maximum absolute atomic E-state index is 13.8. The molecule has 0 spiro atoms. The Morgan fingerprint density at radius 3 is 3.05 bits per heavy atom. The van der Waals surface area contributed by atoms with Gasteiger partial charge >= 0.3 is 6.03 Å². The molecule has 2 amide bonds.